The zero-order valence-corrected chi connectivity index (χ0v) is 14.6. The maximum absolute atomic E-state index is 13.8. The van der Waals surface area contributed by atoms with E-state index < -0.39 is 0 Å². The molecule has 1 N–H and O–H groups in total. The van der Waals surface area contributed by atoms with Crippen molar-refractivity contribution in [2.75, 3.05) is 43.1 Å². The van der Waals surface area contributed by atoms with Crippen molar-refractivity contribution in [3.8, 4) is 5.75 Å². The van der Waals surface area contributed by atoms with Crippen LogP contribution in [0.1, 0.15) is 12.8 Å². The Kier molecular flexibility index (Phi) is 6.44. The molecule has 1 saturated heterocycles. The minimum Gasteiger partial charge on any atom is -0.491 e. The van der Waals surface area contributed by atoms with E-state index in [0.717, 1.165) is 37.4 Å². The van der Waals surface area contributed by atoms with E-state index in [-0.39, 0.29) is 18.3 Å². The maximum atomic E-state index is 13.8. The number of rotatable bonds is 8. The second kappa shape index (κ2) is 9.20. The van der Waals surface area contributed by atoms with Crippen molar-refractivity contribution in [2.24, 2.45) is 0 Å². The highest BCUT2D eigenvalue weighted by atomic mass is 19.1. The first-order valence-corrected chi connectivity index (χ1v) is 8.82. The van der Waals surface area contributed by atoms with Crippen LogP contribution >= 0.6 is 0 Å². The Labute approximate surface area is 152 Å². The molecule has 3 rings (SSSR count). The van der Waals surface area contributed by atoms with E-state index in [0.29, 0.717) is 18.9 Å². The van der Waals surface area contributed by atoms with Gasteiger partial charge in [-0.25, -0.2) is 4.39 Å². The maximum Gasteiger partial charge on any atom is 0.250 e. The zero-order chi connectivity index (χ0) is 18.2. The molecule has 0 radical (unpaired) electrons. The van der Waals surface area contributed by atoms with Crippen LogP contribution in [0.2, 0.25) is 0 Å². The molecule has 0 spiro atoms. The van der Waals surface area contributed by atoms with E-state index in [1.165, 1.54) is 12.1 Å². The van der Waals surface area contributed by atoms with E-state index in [9.17, 15) is 9.18 Å². The molecule has 0 aromatic heterocycles. The van der Waals surface area contributed by atoms with Gasteiger partial charge in [-0.3, -0.25) is 4.79 Å². The van der Waals surface area contributed by atoms with Gasteiger partial charge in [0.2, 0.25) is 5.91 Å². The first-order chi connectivity index (χ1) is 12.7. The number of halogens is 1. The normalized spacial score (nSPS) is 13.7. The average Bonchev–Trinajstić information content (AvgIpc) is 3.16. The lowest BCUT2D eigenvalue weighted by molar-refractivity contribution is -0.120. The van der Waals surface area contributed by atoms with Crippen molar-refractivity contribution in [3.63, 3.8) is 0 Å². The molecule has 0 unspecified atom stereocenters. The summed E-state index contributed by atoms with van der Waals surface area (Å²) in [6, 6.07) is 14.0. The number of nitrogens with zero attached hydrogens (tertiary/aromatic N) is 1. The Morgan fingerprint density at radius 3 is 2.62 bits per heavy atom. The minimum absolute atomic E-state index is 0.103. The van der Waals surface area contributed by atoms with Crippen LogP contribution in [0.3, 0.4) is 0 Å². The molecular weight excluding hydrogens is 335 g/mol. The number of ether oxygens (including phenoxy) is 2. The number of carbonyl (C=O) groups excluding carboxylic acids is 1. The van der Waals surface area contributed by atoms with Crippen LogP contribution in [0.25, 0.3) is 0 Å². The molecule has 0 bridgehead atoms. The quantitative estimate of drug-likeness (QED) is 0.734. The number of para-hydroxylation sites is 1. The van der Waals surface area contributed by atoms with E-state index in [1.54, 1.807) is 6.07 Å². The lowest BCUT2D eigenvalue weighted by Crippen LogP contribution is -2.21. The fourth-order valence-corrected chi connectivity index (χ4v) is 2.90. The molecular formula is C20H23FN2O3. The summed E-state index contributed by atoms with van der Waals surface area (Å²) in [5, 5.41) is 2.68. The van der Waals surface area contributed by atoms with Gasteiger partial charge in [0.25, 0.3) is 0 Å². The average molecular weight is 358 g/mol. The van der Waals surface area contributed by atoms with Gasteiger partial charge >= 0.3 is 0 Å². The summed E-state index contributed by atoms with van der Waals surface area (Å²) in [5.41, 5.74) is 1.25. The highest BCUT2D eigenvalue weighted by Gasteiger charge is 2.14. The summed E-state index contributed by atoms with van der Waals surface area (Å²) < 4.78 is 24.6. The van der Waals surface area contributed by atoms with E-state index in [2.05, 4.69) is 10.2 Å². The van der Waals surface area contributed by atoms with E-state index >= 15 is 0 Å². The Bertz CT molecular complexity index is 718. The Hall–Kier alpha value is -2.60. The van der Waals surface area contributed by atoms with Gasteiger partial charge in [-0.2, -0.15) is 0 Å². The molecule has 1 aliphatic rings. The predicted molar refractivity (Wildman–Crippen MR) is 99.2 cm³/mol. The van der Waals surface area contributed by atoms with Crippen LogP contribution in [0.5, 0.6) is 5.75 Å². The second-order valence-corrected chi connectivity index (χ2v) is 6.15. The van der Waals surface area contributed by atoms with Crippen LogP contribution < -0.4 is 15.0 Å². The summed E-state index contributed by atoms with van der Waals surface area (Å²) in [4.78, 5) is 14.1. The molecule has 1 fully saturated rings. The van der Waals surface area contributed by atoms with Crippen molar-refractivity contribution in [1.82, 2.24) is 0 Å². The van der Waals surface area contributed by atoms with Crippen LogP contribution in [-0.4, -0.2) is 38.8 Å². The number of hydrogen-bond acceptors (Lipinski definition) is 4. The first kappa shape index (κ1) is 18.2. The monoisotopic (exact) mass is 358 g/mol. The van der Waals surface area contributed by atoms with Gasteiger partial charge in [-0.15, -0.1) is 0 Å². The van der Waals surface area contributed by atoms with Crippen LogP contribution in [0, 0.1) is 5.82 Å². The fourth-order valence-electron chi connectivity index (χ4n) is 2.90. The van der Waals surface area contributed by atoms with E-state index in [4.69, 9.17) is 9.47 Å². The minimum atomic E-state index is -0.359. The third kappa shape index (κ3) is 5.46. The lowest BCUT2D eigenvalue weighted by Gasteiger charge is -2.18. The summed E-state index contributed by atoms with van der Waals surface area (Å²) >= 11 is 0. The smallest absolute Gasteiger partial charge is 0.250 e. The molecule has 0 aliphatic carbocycles. The second-order valence-electron chi connectivity index (χ2n) is 6.15. The van der Waals surface area contributed by atoms with Gasteiger partial charge < -0.3 is 19.7 Å². The van der Waals surface area contributed by atoms with Gasteiger partial charge in [-0.05, 0) is 43.2 Å². The van der Waals surface area contributed by atoms with Gasteiger partial charge in [0.15, 0.2) is 0 Å². The molecule has 6 heteroatoms. The summed E-state index contributed by atoms with van der Waals surface area (Å²) in [5.74, 6) is 0.0827. The topological polar surface area (TPSA) is 50.8 Å². The Balaban J connectivity index is 1.41. The van der Waals surface area contributed by atoms with Gasteiger partial charge in [0.1, 0.15) is 24.8 Å². The van der Waals surface area contributed by atoms with Crippen molar-refractivity contribution < 1.29 is 18.7 Å². The highest BCUT2D eigenvalue weighted by Crippen LogP contribution is 2.25. The number of anilines is 2. The molecule has 26 heavy (non-hydrogen) atoms. The number of nitrogens with one attached hydrogen (secondary N) is 1. The summed E-state index contributed by atoms with van der Waals surface area (Å²) in [6.45, 7) is 2.39. The Morgan fingerprint density at radius 1 is 1.08 bits per heavy atom. The van der Waals surface area contributed by atoms with E-state index in [1.807, 2.05) is 30.3 Å². The molecule has 2 aromatic carbocycles. The molecule has 0 atom stereocenters. The molecule has 2 aromatic rings. The van der Waals surface area contributed by atoms with Crippen LogP contribution in [-0.2, 0) is 9.53 Å². The van der Waals surface area contributed by atoms with Gasteiger partial charge in [-0.1, -0.05) is 18.2 Å². The van der Waals surface area contributed by atoms with Crippen LogP contribution in [0.15, 0.2) is 48.5 Å². The summed E-state index contributed by atoms with van der Waals surface area (Å²) in [6.07, 6.45) is 2.22. The van der Waals surface area contributed by atoms with Crippen molar-refractivity contribution in [2.45, 2.75) is 12.8 Å². The number of hydrogen-bond donors (Lipinski definition) is 1. The standard InChI is InChI=1S/C20H23FN2O3/c21-16-12-17(14-18(13-16)23-8-4-5-9-23)22-20(24)15-25-10-11-26-19-6-2-1-3-7-19/h1-3,6-7,12-14H,4-5,8-11,15H2,(H,22,24). The predicted octanol–water partition coefficient (Wildman–Crippen LogP) is 3.46. The highest BCUT2D eigenvalue weighted by molar-refractivity contribution is 5.92. The largest absolute Gasteiger partial charge is 0.491 e. The molecule has 0 saturated carbocycles. The SMILES string of the molecule is O=C(COCCOc1ccccc1)Nc1cc(F)cc(N2CCCC2)c1. The van der Waals surface area contributed by atoms with Crippen molar-refractivity contribution in [3.05, 3.63) is 54.3 Å². The fraction of sp³-hybridized carbons (Fsp3) is 0.350. The first-order valence-electron chi connectivity index (χ1n) is 8.82. The molecule has 1 aliphatic heterocycles. The van der Waals surface area contributed by atoms with Gasteiger partial charge in [0.05, 0.1) is 6.61 Å². The third-order valence-electron chi connectivity index (χ3n) is 4.11. The molecule has 5 nitrogen and oxygen atoms in total. The Morgan fingerprint density at radius 2 is 1.85 bits per heavy atom. The summed E-state index contributed by atoms with van der Waals surface area (Å²) in [7, 11) is 0. The number of carbonyl (C=O) groups is 1. The van der Waals surface area contributed by atoms with Crippen molar-refractivity contribution >= 4 is 17.3 Å². The third-order valence-corrected chi connectivity index (χ3v) is 4.11. The molecule has 1 amide bonds. The zero-order valence-electron chi connectivity index (χ0n) is 14.6. The molecule has 1 heterocycles. The van der Waals surface area contributed by atoms with Crippen LogP contribution in [0.4, 0.5) is 15.8 Å². The number of amides is 1. The number of benzene rings is 2. The lowest BCUT2D eigenvalue weighted by atomic mass is 10.2. The van der Waals surface area contributed by atoms with Gasteiger partial charge in [0, 0.05) is 24.5 Å². The molecule has 138 valence electrons. The van der Waals surface area contributed by atoms with Crippen molar-refractivity contribution in [1.29, 1.82) is 0 Å².